The Morgan fingerprint density at radius 1 is 1.08 bits per heavy atom. The molecule has 4 aromatic rings. The van der Waals surface area contributed by atoms with Gasteiger partial charge in [-0.15, -0.1) is 0 Å². The Morgan fingerprint density at radius 3 is 2.54 bits per heavy atom. The van der Waals surface area contributed by atoms with E-state index in [-0.39, 0.29) is 23.3 Å². The van der Waals surface area contributed by atoms with Crippen LogP contribution in [0.1, 0.15) is 46.6 Å². The fourth-order valence-electron chi connectivity index (χ4n) is 4.84. The number of nitrogens with two attached hydrogens (primary N) is 1. The first-order chi connectivity index (χ1) is 18.0. The minimum atomic E-state index is -0.586. The van der Waals surface area contributed by atoms with E-state index in [1.54, 1.807) is 16.8 Å². The van der Waals surface area contributed by atoms with Crippen molar-refractivity contribution in [3.05, 3.63) is 117 Å². The lowest BCUT2D eigenvalue weighted by Gasteiger charge is -2.21. The third-order valence-electron chi connectivity index (χ3n) is 6.83. The highest BCUT2D eigenvalue weighted by molar-refractivity contribution is 5.81. The number of benzene rings is 2. The quantitative estimate of drug-likeness (QED) is 0.344. The summed E-state index contributed by atoms with van der Waals surface area (Å²) in [6.45, 7) is 2.18. The van der Waals surface area contributed by atoms with E-state index in [0.29, 0.717) is 31.6 Å². The van der Waals surface area contributed by atoms with Gasteiger partial charge in [0.15, 0.2) is 5.82 Å². The molecule has 1 amide bonds. The van der Waals surface area contributed by atoms with Crippen molar-refractivity contribution in [2.75, 3.05) is 11.1 Å². The van der Waals surface area contributed by atoms with E-state index in [2.05, 4.69) is 32.7 Å². The van der Waals surface area contributed by atoms with E-state index < -0.39 is 6.04 Å². The van der Waals surface area contributed by atoms with Crippen LogP contribution in [0, 0.1) is 6.92 Å². The summed E-state index contributed by atoms with van der Waals surface area (Å²) in [5.41, 5.74) is 10.1. The fraction of sp³-hybridized carbons (Fsp3) is 0.241. The number of carbonyl (C=O) groups is 1. The Kier molecular flexibility index (Phi) is 6.98. The first-order valence-electron chi connectivity index (χ1n) is 12.4. The number of nitrogens with one attached hydrogen (secondary N) is 2. The summed E-state index contributed by atoms with van der Waals surface area (Å²) < 4.78 is 1.59. The van der Waals surface area contributed by atoms with Gasteiger partial charge in [0.05, 0.1) is 6.04 Å². The number of nitrogens with zero attached hydrogens (tertiary/aromatic N) is 3. The molecule has 5 rings (SSSR count). The first kappa shape index (κ1) is 24.2. The van der Waals surface area contributed by atoms with Crippen LogP contribution < -0.4 is 21.9 Å². The molecule has 0 saturated carbocycles. The molecule has 8 heteroatoms. The summed E-state index contributed by atoms with van der Waals surface area (Å²) in [6.07, 6.45) is 3.56. The Morgan fingerprint density at radius 2 is 1.81 bits per heavy atom. The minimum absolute atomic E-state index is 0.155. The van der Waals surface area contributed by atoms with Crippen molar-refractivity contribution in [3.63, 3.8) is 0 Å². The highest BCUT2D eigenvalue weighted by atomic mass is 16.2. The summed E-state index contributed by atoms with van der Waals surface area (Å²) in [5.74, 6) is 0.488. The number of aromatic nitrogens is 3. The molecular weight excluding hydrogens is 464 g/mol. The monoisotopic (exact) mass is 494 g/mol. The van der Waals surface area contributed by atoms with E-state index >= 15 is 0 Å². The van der Waals surface area contributed by atoms with E-state index in [0.717, 1.165) is 28.1 Å². The molecule has 3 heterocycles. The molecule has 1 aliphatic heterocycles. The van der Waals surface area contributed by atoms with Crippen LogP contribution in [0.3, 0.4) is 0 Å². The van der Waals surface area contributed by atoms with E-state index in [1.165, 1.54) is 0 Å². The third-order valence-corrected chi connectivity index (χ3v) is 6.83. The van der Waals surface area contributed by atoms with E-state index in [9.17, 15) is 9.59 Å². The van der Waals surface area contributed by atoms with Gasteiger partial charge in [0.1, 0.15) is 11.9 Å². The molecule has 2 aromatic carbocycles. The average Bonchev–Trinajstić information content (AvgIpc) is 3.35. The van der Waals surface area contributed by atoms with Gasteiger partial charge in [-0.05, 0) is 48.9 Å². The SMILES string of the molecule is Cc1nc(N)ccc1CNC(=O)[C@@H]1CCc2cnc(N[C@H](Cc3ccccc3)c3ccccc3)c(=O)n21. The van der Waals surface area contributed by atoms with Gasteiger partial charge in [0, 0.05) is 24.1 Å². The van der Waals surface area contributed by atoms with Crippen molar-refractivity contribution in [1.29, 1.82) is 0 Å². The molecule has 0 radical (unpaired) electrons. The molecule has 8 nitrogen and oxygen atoms in total. The maximum atomic E-state index is 13.6. The zero-order chi connectivity index (χ0) is 25.8. The number of anilines is 2. The number of hydrogen-bond acceptors (Lipinski definition) is 6. The average molecular weight is 495 g/mol. The fourth-order valence-corrected chi connectivity index (χ4v) is 4.84. The number of amides is 1. The van der Waals surface area contributed by atoms with Gasteiger partial charge in [-0.25, -0.2) is 9.97 Å². The molecule has 1 aliphatic rings. The standard InChI is InChI=1S/C29H30N6O2/c1-19-22(12-15-26(30)33-19)17-32-28(36)25-14-13-23-18-31-27(29(37)35(23)25)34-24(21-10-6-3-7-11-21)16-20-8-4-2-5-9-20/h2-12,15,18,24-25H,13-14,16-17H2,1H3,(H2,30,33)(H,31,34)(H,32,36)/t24-,25+/m1/s1. The van der Waals surface area contributed by atoms with Gasteiger partial charge < -0.3 is 16.4 Å². The summed E-state index contributed by atoms with van der Waals surface area (Å²) in [7, 11) is 0. The molecule has 4 N–H and O–H groups in total. The molecule has 0 bridgehead atoms. The van der Waals surface area contributed by atoms with E-state index in [4.69, 9.17) is 5.73 Å². The number of pyridine rings is 1. The molecule has 2 atom stereocenters. The third kappa shape index (κ3) is 5.38. The zero-order valence-corrected chi connectivity index (χ0v) is 20.7. The normalized spacial score (nSPS) is 15.1. The van der Waals surface area contributed by atoms with Crippen molar-refractivity contribution in [1.82, 2.24) is 19.9 Å². The summed E-state index contributed by atoms with van der Waals surface area (Å²) in [4.78, 5) is 35.5. The first-order valence-corrected chi connectivity index (χ1v) is 12.4. The number of rotatable bonds is 8. The molecule has 0 saturated heterocycles. The summed E-state index contributed by atoms with van der Waals surface area (Å²) >= 11 is 0. The van der Waals surface area contributed by atoms with Crippen molar-refractivity contribution in [2.45, 2.75) is 44.8 Å². The lowest BCUT2D eigenvalue weighted by atomic mass is 9.99. The van der Waals surface area contributed by atoms with Gasteiger partial charge in [-0.3, -0.25) is 14.2 Å². The van der Waals surface area contributed by atoms with Crippen LogP contribution in [0.5, 0.6) is 0 Å². The lowest BCUT2D eigenvalue weighted by Crippen LogP contribution is -2.36. The van der Waals surface area contributed by atoms with Crippen LogP contribution >= 0.6 is 0 Å². The summed E-state index contributed by atoms with van der Waals surface area (Å²) in [6, 6.07) is 23.0. The molecular formula is C29H30N6O2. The second kappa shape index (κ2) is 10.7. The number of fused-ring (bicyclic) bond motifs is 1. The predicted octanol–water partition coefficient (Wildman–Crippen LogP) is 3.73. The van der Waals surface area contributed by atoms with Crippen molar-refractivity contribution in [2.24, 2.45) is 0 Å². The van der Waals surface area contributed by atoms with Gasteiger partial charge >= 0.3 is 0 Å². The second-order valence-electron chi connectivity index (χ2n) is 9.32. The highest BCUT2D eigenvalue weighted by Crippen LogP contribution is 2.26. The van der Waals surface area contributed by atoms with Crippen LogP contribution in [0.25, 0.3) is 0 Å². The zero-order valence-electron chi connectivity index (χ0n) is 20.7. The molecule has 0 unspecified atom stereocenters. The van der Waals surface area contributed by atoms with Crippen LogP contribution in [0.4, 0.5) is 11.6 Å². The lowest BCUT2D eigenvalue weighted by molar-refractivity contribution is -0.124. The van der Waals surface area contributed by atoms with Crippen molar-refractivity contribution < 1.29 is 4.79 Å². The smallest absolute Gasteiger partial charge is 0.294 e. The van der Waals surface area contributed by atoms with Crippen LogP contribution in [0.15, 0.2) is 83.8 Å². The highest BCUT2D eigenvalue weighted by Gasteiger charge is 2.31. The molecule has 2 aromatic heterocycles. The van der Waals surface area contributed by atoms with Gasteiger partial charge in [-0.2, -0.15) is 0 Å². The van der Waals surface area contributed by atoms with Crippen molar-refractivity contribution in [3.8, 4) is 0 Å². The molecule has 0 fully saturated rings. The number of nitrogen functional groups attached to an aromatic ring is 1. The maximum absolute atomic E-state index is 13.6. The van der Waals surface area contributed by atoms with Crippen LogP contribution in [-0.2, 0) is 24.2 Å². The predicted molar refractivity (Wildman–Crippen MR) is 144 cm³/mol. The van der Waals surface area contributed by atoms with E-state index in [1.807, 2.05) is 61.5 Å². The van der Waals surface area contributed by atoms with Gasteiger partial charge in [0.2, 0.25) is 5.91 Å². The molecule has 188 valence electrons. The summed E-state index contributed by atoms with van der Waals surface area (Å²) in [5, 5.41) is 6.34. The Bertz CT molecular complexity index is 1450. The molecule has 0 aliphatic carbocycles. The number of carbonyl (C=O) groups excluding carboxylic acids is 1. The van der Waals surface area contributed by atoms with Gasteiger partial charge in [0.25, 0.3) is 5.56 Å². The Hall–Kier alpha value is -4.46. The molecule has 0 spiro atoms. The topological polar surface area (TPSA) is 115 Å². The Balaban J connectivity index is 1.37. The van der Waals surface area contributed by atoms with Crippen LogP contribution in [-0.4, -0.2) is 20.4 Å². The van der Waals surface area contributed by atoms with Crippen molar-refractivity contribution >= 4 is 17.5 Å². The number of hydrogen-bond donors (Lipinski definition) is 3. The van der Waals surface area contributed by atoms with Gasteiger partial charge in [-0.1, -0.05) is 66.7 Å². The maximum Gasteiger partial charge on any atom is 0.294 e. The minimum Gasteiger partial charge on any atom is -0.384 e. The Labute approximate surface area is 215 Å². The number of aryl methyl sites for hydroxylation is 2. The largest absolute Gasteiger partial charge is 0.384 e. The molecule has 37 heavy (non-hydrogen) atoms. The van der Waals surface area contributed by atoms with Crippen LogP contribution in [0.2, 0.25) is 0 Å². The second-order valence-corrected chi connectivity index (χ2v) is 9.32.